The third-order valence-electron chi connectivity index (χ3n) is 2.37. The molecule has 0 saturated carbocycles. The lowest BCUT2D eigenvalue weighted by atomic mass is 10.2. The topological polar surface area (TPSA) is 12.0 Å². The molecule has 2 aromatic rings. The second-order valence-corrected chi connectivity index (χ2v) is 6.30. The normalized spacial score (nSPS) is 11.6. The molecule has 0 aliphatic heterocycles. The van der Waals surface area contributed by atoms with Crippen LogP contribution in [0.15, 0.2) is 34.1 Å². The van der Waals surface area contributed by atoms with E-state index in [2.05, 4.69) is 21.2 Å². The van der Waals surface area contributed by atoms with Gasteiger partial charge in [0.05, 0.1) is 9.35 Å². The lowest BCUT2D eigenvalue weighted by molar-refractivity contribution is -0.139. The molecule has 0 unspecified atom stereocenters. The number of nitrogens with one attached hydrogen (secondary N) is 1. The second-order valence-electron chi connectivity index (χ2n) is 3.75. The molecule has 0 radical (unpaired) electrons. The van der Waals surface area contributed by atoms with Gasteiger partial charge in [0.1, 0.15) is 5.82 Å². The van der Waals surface area contributed by atoms with Crippen LogP contribution in [-0.4, -0.2) is 0 Å². The number of benzene rings is 1. The van der Waals surface area contributed by atoms with Crippen molar-refractivity contribution in [3.8, 4) is 0 Å². The van der Waals surface area contributed by atoms with Crippen LogP contribution in [-0.2, 0) is 12.7 Å². The summed E-state index contributed by atoms with van der Waals surface area (Å²) in [7, 11) is 0. The fraction of sp³-hybridized carbons (Fsp3) is 0.167. The third-order valence-corrected chi connectivity index (χ3v) is 3.99. The molecule has 0 aliphatic rings. The number of anilines is 1. The van der Waals surface area contributed by atoms with Crippen LogP contribution >= 0.6 is 27.3 Å². The van der Waals surface area contributed by atoms with Crippen LogP contribution in [0.25, 0.3) is 0 Å². The molecule has 7 heteroatoms. The molecule has 0 spiro atoms. The van der Waals surface area contributed by atoms with Crippen molar-refractivity contribution in [2.24, 2.45) is 0 Å². The van der Waals surface area contributed by atoms with Gasteiger partial charge in [-0.05, 0) is 46.3 Å². The van der Waals surface area contributed by atoms with Crippen LogP contribution < -0.4 is 5.32 Å². The summed E-state index contributed by atoms with van der Waals surface area (Å²) < 4.78 is 51.6. The Kier molecular flexibility index (Phi) is 4.15. The van der Waals surface area contributed by atoms with Gasteiger partial charge < -0.3 is 5.32 Å². The SMILES string of the molecule is Fc1ccc(NCc2ccc(Br)s2)cc1C(F)(F)F. The highest BCUT2D eigenvalue weighted by Gasteiger charge is 2.34. The summed E-state index contributed by atoms with van der Waals surface area (Å²) in [5, 5.41) is 2.84. The van der Waals surface area contributed by atoms with Gasteiger partial charge in [0, 0.05) is 17.1 Å². The van der Waals surface area contributed by atoms with Gasteiger partial charge in [0.15, 0.2) is 0 Å². The fourth-order valence-corrected chi connectivity index (χ4v) is 2.91. The maximum atomic E-state index is 13.1. The highest BCUT2D eigenvalue weighted by molar-refractivity contribution is 9.11. The average molecular weight is 354 g/mol. The first-order valence-corrected chi connectivity index (χ1v) is 6.82. The van der Waals surface area contributed by atoms with E-state index in [1.54, 1.807) is 0 Å². The minimum absolute atomic E-state index is 0.234. The lowest BCUT2D eigenvalue weighted by Crippen LogP contribution is -2.09. The van der Waals surface area contributed by atoms with Gasteiger partial charge in [-0.2, -0.15) is 13.2 Å². The molecule has 0 saturated heterocycles. The smallest absolute Gasteiger partial charge is 0.380 e. The van der Waals surface area contributed by atoms with Crippen molar-refractivity contribution in [3.05, 3.63) is 50.4 Å². The quantitative estimate of drug-likeness (QED) is 0.740. The minimum Gasteiger partial charge on any atom is -0.380 e. The Balaban J connectivity index is 2.13. The number of hydrogen-bond donors (Lipinski definition) is 1. The molecule has 2 rings (SSSR count). The Labute approximate surface area is 119 Å². The van der Waals surface area contributed by atoms with E-state index in [9.17, 15) is 17.6 Å². The highest BCUT2D eigenvalue weighted by Crippen LogP contribution is 2.33. The van der Waals surface area contributed by atoms with Crippen LogP contribution in [0.5, 0.6) is 0 Å². The molecule has 0 atom stereocenters. The zero-order valence-corrected chi connectivity index (χ0v) is 11.8. The molecule has 0 aliphatic carbocycles. The Morgan fingerprint density at radius 3 is 2.47 bits per heavy atom. The summed E-state index contributed by atoms with van der Waals surface area (Å²) in [6, 6.07) is 6.59. The molecule has 1 N–H and O–H groups in total. The van der Waals surface area contributed by atoms with E-state index in [1.165, 1.54) is 17.4 Å². The summed E-state index contributed by atoms with van der Waals surface area (Å²) >= 11 is 4.78. The van der Waals surface area contributed by atoms with Gasteiger partial charge in [0.25, 0.3) is 0 Å². The minimum atomic E-state index is -4.69. The number of rotatable bonds is 3. The summed E-state index contributed by atoms with van der Waals surface area (Å²) in [6.45, 7) is 0.388. The van der Waals surface area contributed by atoms with E-state index < -0.39 is 17.6 Å². The van der Waals surface area contributed by atoms with Gasteiger partial charge in [-0.3, -0.25) is 0 Å². The number of hydrogen-bond acceptors (Lipinski definition) is 2. The van der Waals surface area contributed by atoms with E-state index in [-0.39, 0.29) is 5.69 Å². The van der Waals surface area contributed by atoms with Crippen molar-refractivity contribution >= 4 is 33.0 Å². The van der Waals surface area contributed by atoms with Gasteiger partial charge in [-0.15, -0.1) is 11.3 Å². The van der Waals surface area contributed by atoms with Crippen molar-refractivity contribution in [1.29, 1.82) is 0 Å². The first kappa shape index (κ1) is 14.3. The summed E-state index contributed by atoms with van der Waals surface area (Å²) in [5.74, 6) is -1.27. The Morgan fingerprint density at radius 1 is 1.16 bits per heavy atom. The molecule has 102 valence electrons. The first-order valence-electron chi connectivity index (χ1n) is 5.21. The molecular weight excluding hydrogens is 346 g/mol. The second kappa shape index (κ2) is 5.50. The first-order chi connectivity index (χ1) is 8.86. The number of thiophene rings is 1. The van der Waals surface area contributed by atoms with Crippen LogP contribution in [0.2, 0.25) is 0 Å². The molecular formula is C12H8BrF4NS. The van der Waals surface area contributed by atoms with Gasteiger partial charge in [-0.1, -0.05) is 0 Å². The van der Waals surface area contributed by atoms with Crippen LogP contribution in [0, 0.1) is 5.82 Å². The highest BCUT2D eigenvalue weighted by atomic mass is 79.9. The number of halogens is 5. The zero-order valence-electron chi connectivity index (χ0n) is 9.39. The van der Waals surface area contributed by atoms with Gasteiger partial charge >= 0.3 is 6.18 Å². The van der Waals surface area contributed by atoms with E-state index in [0.29, 0.717) is 6.54 Å². The Morgan fingerprint density at radius 2 is 1.89 bits per heavy atom. The van der Waals surface area contributed by atoms with E-state index in [4.69, 9.17) is 0 Å². The molecule has 0 bridgehead atoms. The standard InChI is InChI=1S/C12H8BrF4NS/c13-11-4-2-8(19-11)6-18-7-1-3-10(14)9(5-7)12(15,16)17/h1-5,18H,6H2. The zero-order chi connectivity index (χ0) is 14.0. The Hall–Kier alpha value is -1.08. The third kappa shape index (κ3) is 3.70. The van der Waals surface area contributed by atoms with Crippen molar-refractivity contribution in [2.75, 3.05) is 5.32 Å². The molecule has 1 nitrogen and oxygen atoms in total. The number of alkyl halides is 3. The largest absolute Gasteiger partial charge is 0.419 e. The van der Waals surface area contributed by atoms with E-state index >= 15 is 0 Å². The predicted octanol–water partition coefficient (Wildman–Crippen LogP) is 5.28. The van der Waals surface area contributed by atoms with Crippen molar-refractivity contribution < 1.29 is 17.6 Å². The molecule has 1 aromatic carbocycles. The van der Waals surface area contributed by atoms with Crippen molar-refractivity contribution in [2.45, 2.75) is 12.7 Å². The summed E-state index contributed by atoms with van der Waals surface area (Å²) in [4.78, 5) is 0.963. The Bertz CT molecular complexity index is 579. The molecule has 0 fully saturated rings. The molecule has 1 heterocycles. The lowest BCUT2D eigenvalue weighted by Gasteiger charge is -2.11. The predicted molar refractivity (Wildman–Crippen MR) is 70.7 cm³/mol. The molecule has 1 aromatic heterocycles. The summed E-state index contributed by atoms with van der Waals surface area (Å²) in [5.41, 5.74) is -1.02. The van der Waals surface area contributed by atoms with Gasteiger partial charge in [-0.25, -0.2) is 4.39 Å². The summed E-state index contributed by atoms with van der Waals surface area (Å²) in [6.07, 6.45) is -4.69. The average Bonchev–Trinajstić information content (AvgIpc) is 2.72. The van der Waals surface area contributed by atoms with E-state index in [1.807, 2.05) is 12.1 Å². The van der Waals surface area contributed by atoms with Gasteiger partial charge in [0.2, 0.25) is 0 Å². The molecule has 19 heavy (non-hydrogen) atoms. The van der Waals surface area contributed by atoms with Crippen molar-refractivity contribution in [1.82, 2.24) is 0 Å². The van der Waals surface area contributed by atoms with E-state index in [0.717, 1.165) is 20.8 Å². The van der Waals surface area contributed by atoms with Crippen LogP contribution in [0.1, 0.15) is 10.4 Å². The fourth-order valence-electron chi connectivity index (χ4n) is 1.49. The monoisotopic (exact) mass is 353 g/mol. The van der Waals surface area contributed by atoms with Crippen molar-refractivity contribution in [3.63, 3.8) is 0 Å². The molecule has 0 amide bonds. The van der Waals surface area contributed by atoms with Crippen LogP contribution in [0.3, 0.4) is 0 Å². The van der Waals surface area contributed by atoms with Crippen LogP contribution in [0.4, 0.5) is 23.2 Å². The maximum absolute atomic E-state index is 13.1. The maximum Gasteiger partial charge on any atom is 0.419 e.